The van der Waals surface area contributed by atoms with Gasteiger partial charge in [0.05, 0.1) is 17.2 Å². The predicted octanol–water partition coefficient (Wildman–Crippen LogP) is 4.50. The lowest BCUT2D eigenvalue weighted by Crippen LogP contribution is -2.23. The second kappa shape index (κ2) is 15.1. The fourth-order valence-electron chi connectivity index (χ4n) is 3.96. The van der Waals surface area contributed by atoms with Crippen LogP contribution in [0.1, 0.15) is 49.2 Å². The summed E-state index contributed by atoms with van der Waals surface area (Å²) < 4.78 is 35.6. The van der Waals surface area contributed by atoms with Crippen molar-refractivity contribution in [3.8, 4) is 5.69 Å². The van der Waals surface area contributed by atoms with Crippen LogP contribution in [-0.2, 0) is 40.8 Å². The highest BCUT2D eigenvalue weighted by Gasteiger charge is 2.22. The molecule has 1 aromatic heterocycles. The minimum atomic E-state index is -3.36. The number of carbonyl (C=O) groups is 1. The number of aromatic nitrogens is 3. The SMILES string of the molecule is C=C/C=C(\C)NC(=O)CSc1nnc(CF)n1-c1ccc(CC)c2c1CCCC2.NS(=O)(=O)C/C=C/Cl. The first-order chi connectivity index (χ1) is 17.6. The average molecular weight is 570 g/mol. The fraction of sp³-hybridized carbons (Fsp3) is 0.400. The lowest BCUT2D eigenvalue weighted by atomic mass is 9.86. The molecule has 2 aromatic rings. The van der Waals surface area contributed by atoms with Crippen LogP contribution in [0.3, 0.4) is 0 Å². The molecule has 0 unspecified atom stereocenters. The second-order valence-corrected chi connectivity index (χ2v) is 11.1. The van der Waals surface area contributed by atoms with E-state index in [4.69, 9.17) is 11.6 Å². The van der Waals surface area contributed by atoms with Gasteiger partial charge in [0, 0.05) is 11.2 Å². The van der Waals surface area contributed by atoms with E-state index in [1.165, 1.54) is 40.9 Å². The summed E-state index contributed by atoms with van der Waals surface area (Å²) in [6.07, 6.45) is 9.93. The highest BCUT2D eigenvalue weighted by molar-refractivity contribution is 7.99. The van der Waals surface area contributed by atoms with Gasteiger partial charge >= 0.3 is 0 Å². The van der Waals surface area contributed by atoms with E-state index in [9.17, 15) is 17.6 Å². The van der Waals surface area contributed by atoms with Crippen molar-refractivity contribution in [3.05, 3.63) is 70.7 Å². The van der Waals surface area contributed by atoms with E-state index in [1.54, 1.807) is 23.6 Å². The Kier molecular flexibility index (Phi) is 12.5. The van der Waals surface area contributed by atoms with Crippen molar-refractivity contribution in [3.63, 3.8) is 0 Å². The zero-order valence-electron chi connectivity index (χ0n) is 21.0. The first kappa shape index (κ1) is 30.8. The number of primary sulfonamides is 1. The Balaban J connectivity index is 0.000000521. The molecule has 0 bridgehead atoms. The van der Waals surface area contributed by atoms with Gasteiger partial charge in [-0.3, -0.25) is 9.36 Å². The molecule has 37 heavy (non-hydrogen) atoms. The van der Waals surface area contributed by atoms with Crippen molar-refractivity contribution < 1.29 is 17.6 Å². The maximum absolute atomic E-state index is 13.7. The van der Waals surface area contributed by atoms with Crippen molar-refractivity contribution in [1.29, 1.82) is 0 Å². The summed E-state index contributed by atoms with van der Waals surface area (Å²) in [5.74, 6) is 0.0938. The molecule has 0 fully saturated rings. The van der Waals surface area contributed by atoms with Gasteiger partial charge in [-0.1, -0.05) is 55.1 Å². The summed E-state index contributed by atoms with van der Waals surface area (Å²) in [7, 11) is -3.36. The highest BCUT2D eigenvalue weighted by atomic mass is 35.5. The highest BCUT2D eigenvalue weighted by Crippen LogP contribution is 2.33. The predicted molar refractivity (Wildman–Crippen MR) is 148 cm³/mol. The number of amides is 1. The number of sulfonamides is 1. The van der Waals surface area contributed by atoms with Crippen molar-refractivity contribution >= 4 is 39.3 Å². The summed E-state index contributed by atoms with van der Waals surface area (Å²) in [6.45, 7) is 6.88. The number of aryl methyl sites for hydroxylation is 1. The summed E-state index contributed by atoms with van der Waals surface area (Å²) in [5, 5.41) is 16.1. The van der Waals surface area contributed by atoms with E-state index in [2.05, 4.69) is 40.2 Å². The first-order valence-electron chi connectivity index (χ1n) is 11.8. The summed E-state index contributed by atoms with van der Waals surface area (Å²) in [6, 6.07) is 4.18. The smallest absolute Gasteiger partial charge is 0.234 e. The minimum Gasteiger partial charge on any atom is -0.329 e. The van der Waals surface area contributed by atoms with Gasteiger partial charge in [-0.15, -0.1) is 10.2 Å². The van der Waals surface area contributed by atoms with Crippen LogP contribution in [0.4, 0.5) is 4.39 Å². The normalized spacial score (nSPS) is 13.6. The van der Waals surface area contributed by atoms with Gasteiger partial charge in [-0.2, -0.15) is 0 Å². The van der Waals surface area contributed by atoms with Crippen LogP contribution >= 0.6 is 23.4 Å². The van der Waals surface area contributed by atoms with E-state index in [0.29, 0.717) is 5.16 Å². The van der Waals surface area contributed by atoms with Gasteiger partial charge in [-0.25, -0.2) is 17.9 Å². The van der Waals surface area contributed by atoms with Crippen LogP contribution < -0.4 is 10.5 Å². The number of allylic oxidation sites excluding steroid dienone is 3. The number of hydrogen-bond donors (Lipinski definition) is 2. The van der Waals surface area contributed by atoms with Crippen LogP contribution in [-0.4, -0.2) is 40.6 Å². The van der Waals surface area contributed by atoms with Crippen molar-refractivity contribution in [2.24, 2.45) is 5.14 Å². The van der Waals surface area contributed by atoms with Gasteiger partial charge in [0.2, 0.25) is 15.9 Å². The number of hydrogen-bond acceptors (Lipinski definition) is 6. The molecular weight excluding hydrogens is 537 g/mol. The Morgan fingerprint density at radius 3 is 2.57 bits per heavy atom. The molecule has 0 spiro atoms. The van der Waals surface area contributed by atoms with Crippen LogP contribution in [0.2, 0.25) is 0 Å². The van der Waals surface area contributed by atoms with Crippen molar-refractivity contribution in [2.45, 2.75) is 57.8 Å². The zero-order valence-corrected chi connectivity index (χ0v) is 23.4. The molecule has 0 atom stereocenters. The maximum Gasteiger partial charge on any atom is 0.234 e. The summed E-state index contributed by atoms with van der Waals surface area (Å²) >= 11 is 6.27. The van der Waals surface area contributed by atoms with Crippen molar-refractivity contribution in [2.75, 3.05) is 11.5 Å². The molecule has 1 heterocycles. The Morgan fingerprint density at radius 2 is 2.00 bits per heavy atom. The molecule has 202 valence electrons. The molecule has 1 amide bonds. The van der Waals surface area contributed by atoms with Crippen LogP contribution in [0.25, 0.3) is 5.69 Å². The standard InChI is InChI=1S/C22H27FN4OS.C3H6ClNO2S/c1-4-8-15(3)24-21(28)14-29-22-26-25-20(13-23)27(22)19-12-11-16(5-2)17-9-6-7-10-18(17)19;4-2-1-3-8(5,6)7/h4,8,11-12H,1,5-7,9-10,13-14H2,2-3H3,(H,24,28);1-2H,3H2,(H2,5,6,7)/b15-8+;2-1+. The Bertz CT molecular complexity index is 1260. The van der Waals surface area contributed by atoms with Gasteiger partial charge in [-0.05, 0) is 67.9 Å². The maximum atomic E-state index is 13.7. The third-order valence-electron chi connectivity index (χ3n) is 5.50. The number of nitrogens with two attached hydrogens (primary N) is 1. The molecule has 0 saturated heterocycles. The number of fused-ring (bicyclic) bond motifs is 1. The van der Waals surface area contributed by atoms with Crippen LogP contribution in [0.5, 0.6) is 0 Å². The monoisotopic (exact) mass is 569 g/mol. The topological polar surface area (TPSA) is 120 Å². The summed E-state index contributed by atoms with van der Waals surface area (Å²) in [5.41, 5.74) is 6.79. The molecule has 8 nitrogen and oxygen atoms in total. The van der Waals surface area contributed by atoms with Crippen LogP contribution in [0, 0.1) is 0 Å². The van der Waals surface area contributed by atoms with E-state index in [1.807, 2.05) is 6.07 Å². The molecule has 0 saturated carbocycles. The molecule has 3 N–H and O–H groups in total. The number of thioether (sulfide) groups is 1. The Hall–Kier alpha value is -2.47. The molecule has 1 aliphatic rings. The number of halogens is 2. The Labute approximate surface area is 227 Å². The van der Waals surface area contributed by atoms with E-state index in [-0.39, 0.29) is 23.2 Å². The summed E-state index contributed by atoms with van der Waals surface area (Å²) in [4.78, 5) is 12.2. The molecule has 1 aromatic carbocycles. The Morgan fingerprint density at radius 1 is 1.30 bits per heavy atom. The fourth-order valence-corrected chi connectivity index (χ4v) is 5.28. The number of alkyl halides is 1. The number of benzene rings is 1. The third-order valence-corrected chi connectivity index (χ3v) is 7.27. The van der Waals surface area contributed by atoms with Gasteiger partial charge in [0.1, 0.15) is 6.67 Å². The van der Waals surface area contributed by atoms with Crippen LogP contribution in [0.15, 0.2) is 53.3 Å². The van der Waals surface area contributed by atoms with E-state index in [0.717, 1.165) is 42.6 Å². The van der Waals surface area contributed by atoms with Gasteiger partial charge in [0.25, 0.3) is 0 Å². The average Bonchev–Trinajstić information content (AvgIpc) is 3.28. The minimum absolute atomic E-state index is 0.148. The molecule has 0 radical (unpaired) electrons. The first-order valence-corrected chi connectivity index (χ1v) is 14.9. The molecule has 12 heteroatoms. The van der Waals surface area contributed by atoms with Gasteiger partial charge in [0.15, 0.2) is 11.0 Å². The lowest BCUT2D eigenvalue weighted by molar-refractivity contribution is -0.117. The number of nitrogens with one attached hydrogen (secondary N) is 1. The van der Waals surface area contributed by atoms with E-state index >= 15 is 0 Å². The quantitative estimate of drug-likeness (QED) is 0.321. The zero-order chi connectivity index (χ0) is 27.4. The molecule has 0 aliphatic heterocycles. The van der Waals surface area contributed by atoms with Gasteiger partial charge < -0.3 is 5.32 Å². The van der Waals surface area contributed by atoms with Crippen molar-refractivity contribution in [1.82, 2.24) is 20.1 Å². The second-order valence-electron chi connectivity index (χ2n) is 8.24. The number of carbonyl (C=O) groups excluding carboxylic acids is 1. The largest absolute Gasteiger partial charge is 0.329 e. The number of rotatable bonds is 10. The van der Waals surface area contributed by atoms with E-state index < -0.39 is 16.7 Å². The third kappa shape index (κ3) is 9.41. The lowest BCUT2D eigenvalue weighted by Gasteiger charge is -2.23. The number of nitrogens with zero attached hydrogens (tertiary/aromatic N) is 3. The molecule has 3 rings (SSSR count). The molecular formula is C25H33ClFN5O3S2. The molecule has 1 aliphatic carbocycles.